The van der Waals surface area contributed by atoms with Crippen LogP contribution in [0.4, 0.5) is 13.2 Å². The molecule has 2 heterocycles. The molecule has 0 radical (unpaired) electrons. The van der Waals surface area contributed by atoms with E-state index < -0.39 is 17.8 Å². The molecule has 102 valence electrons. The summed E-state index contributed by atoms with van der Waals surface area (Å²) in [5, 5.41) is 4.35. The molecule has 2 N–H and O–H groups in total. The van der Waals surface area contributed by atoms with Gasteiger partial charge in [0.1, 0.15) is 5.69 Å². The van der Waals surface area contributed by atoms with Crippen LogP contribution >= 0.6 is 11.3 Å². The van der Waals surface area contributed by atoms with Crippen molar-refractivity contribution in [3.05, 3.63) is 40.1 Å². The minimum atomic E-state index is -4.49. The number of rotatable bonds is 3. The lowest BCUT2D eigenvalue weighted by Crippen LogP contribution is -2.26. The molecule has 2 rings (SSSR count). The second-order valence-electron chi connectivity index (χ2n) is 3.91. The zero-order valence-electron chi connectivity index (χ0n) is 9.78. The first-order valence-corrected chi connectivity index (χ1v) is 6.27. The molecule has 1 amide bonds. The highest BCUT2D eigenvalue weighted by Gasteiger charge is 2.33. The van der Waals surface area contributed by atoms with Gasteiger partial charge in [0.2, 0.25) is 0 Å². The number of nitrogens with one attached hydrogen (secondary N) is 2. The number of hydrogen-bond acceptors (Lipinski definition) is 3. The van der Waals surface area contributed by atoms with E-state index in [9.17, 15) is 18.0 Å². The molecule has 0 bridgehead atoms. The molecule has 0 saturated carbocycles. The van der Waals surface area contributed by atoms with Crippen LogP contribution in [0, 0.1) is 0 Å². The minimum absolute atomic E-state index is 0.0607. The van der Waals surface area contributed by atoms with Crippen LogP contribution in [-0.4, -0.2) is 15.9 Å². The van der Waals surface area contributed by atoms with Gasteiger partial charge in [-0.3, -0.25) is 4.79 Å². The molecule has 4 nitrogen and oxygen atoms in total. The molecule has 1 unspecified atom stereocenters. The van der Waals surface area contributed by atoms with Gasteiger partial charge in [-0.25, -0.2) is 4.98 Å². The highest BCUT2D eigenvalue weighted by atomic mass is 32.1. The first-order chi connectivity index (χ1) is 8.88. The van der Waals surface area contributed by atoms with E-state index in [1.807, 2.05) is 4.98 Å². The van der Waals surface area contributed by atoms with Crippen LogP contribution in [0.15, 0.2) is 23.2 Å². The molecule has 0 aliphatic rings. The Morgan fingerprint density at radius 1 is 1.53 bits per heavy atom. The van der Waals surface area contributed by atoms with Gasteiger partial charge in [-0.15, -0.1) is 11.3 Å². The molecule has 2 aromatic heterocycles. The molecule has 19 heavy (non-hydrogen) atoms. The fourth-order valence-corrected chi connectivity index (χ4v) is 2.13. The van der Waals surface area contributed by atoms with Crippen LogP contribution < -0.4 is 5.32 Å². The number of H-pyrrole nitrogens is 1. The van der Waals surface area contributed by atoms with E-state index in [2.05, 4.69) is 10.3 Å². The lowest BCUT2D eigenvalue weighted by molar-refractivity contribution is -0.140. The van der Waals surface area contributed by atoms with Crippen LogP contribution in [-0.2, 0) is 6.18 Å². The molecular formula is C11H10F3N3OS. The number of carbonyl (C=O) groups excluding carboxylic acids is 1. The fraction of sp³-hybridized carbons (Fsp3) is 0.273. The Hall–Kier alpha value is -1.83. The zero-order valence-corrected chi connectivity index (χ0v) is 10.6. The SMILES string of the molecule is CC(NC(=O)c1c[nH]c(C(F)(F)F)c1)c1cscn1. The maximum absolute atomic E-state index is 12.4. The third-order valence-corrected chi connectivity index (χ3v) is 3.10. The van der Waals surface area contributed by atoms with Gasteiger partial charge in [0.05, 0.1) is 22.8 Å². The van der Waals surface area contributed by atoms with E-state index in [0.29, 0.717) is 5.69 Å². The summed E-state index contributed by atoms with van der Waals surface area (Å²) in [6.45, 7) is 1.71. The molecule has 0 spiro atoms. The van der Waals surface area contributed by atoms with Gasteiger partial charge in [-0.2, -0.15) is 13.2 Å². The topological polar surface area (TPSA) is 57.8 Å². The van der Waals surface area contributed by atoms with Crippen LogP contribution in [0.25, 0.3) is 0 Å². The van der Waals surface area contributed by atoms with Gasteiger partial charge in [0.25, 0.3) is 5.91 Å². The quantitative estimate of drug-likeness (QED) is 0.912. The third-order valence-electron chi connectivity index (χ3n) is 2.49. The Morgan fingerprint density at radius 3 is 2.79 bits per heavy atom. The highest BCUT2D eigenvalue weighted by Crippen LogP contribution is 2.28. The van der Waals surface area contributed by atoms with E-state index >= 15 is 0 Å². The van der Waals surface area contributed by atoms with E-state index in [-0.39, 0.29) is 11.6 Å². The van der Waals surface area contributed by atoms with Crippen LogP contribution in [0.1, 0.15) is 34.7 Å². The van der Waals surface area contributed by atoms with Gasteiger partial charge in [-0.05, 0) is 13.0 Å². The van der Waals surface area contributed by atoms with Gasteiger partial charge in [0, 0.05) is 11.6 Å². The molecule has 2 aromatic rings. The van der Waals surface area contributed by atoms with Gasteiger partial charge >= 0.3 is 6.18 Å². The van der Waals surface area contributed by atoms with Crippen molar-refractivity contribution in [1.29, 1.82) is 0 Å². The number of carbonyl (C=O) groups is 1. The molecule has 0 aliphatic heterocycles. The highest BCUT2D eigenvalue weighted by molar-refractivity contribution is 7.07. The average Bonchev–Trinajstić information content (AvgIpc) is 3.00. The molecule has 0 fully saturated rings. The van der Waals surface area contributed by atoms with Crippen molar-refractivity contribution in [2.45, 2.75) is 19.1 Å². The monoisotopic (exact) mass is 289 g/mol. The Morgan fingerprint density at radius 2 is 2.26 bits per heavy atom. The Bertz CT molecular complexity index is 562. The number of thiazole rings is 1. The number of halogens is 3. The van der Waals surface area contributed by atoms with Crippen molar-refractivity contribution in [2.24, 2.45) is 0 Å². The summed E-state index contributed by atoms with van der Waals surface area (Å²) in [5.41, 5.74) is 1.29. The predicted molar refractivity (Wildman–Crippen MR) is 63.8 cm³/mol. The van der Waals surface area contributed by atoms with E-state index in [0.717, 1.165) is 12.3 Å². The third kappa shape index (κ3) is 3.14. The van der Waals surface area contributed by atoms with Crippen molar-refractivity contribution in [2.75, 3.05) is 0 Å². The van der Waals surface area contributed by atoms with Crippen molar-refractivity contribution in [3.8, 4) is 0 Å². The van der Waals surface area contributed by atoms with Gasteiger partial charge in [0.15, 0.2) is 0 Å². The summed E-state index contributed by atoms with van der Waals surface area (Å²) < 4.78 is 37.1. The number of aromatic amines is 1. The largest absolute Gasteiger partial charge is 0.431 e. The van der Waals surface area contributed by atoms with Crippen LogP contribution in [0.2, 0.25) is 0 Å². The smallest absolute Gasteiger partial charge is 0.357 e. The first-order valence-electron chi connectivity index (χ1n) is 5.32. The van der Waals surface area contributed by atoms with Crippen LogP contribution in [0.5, 0.6) is 0 Å². The van der Waals surface area contributed by atoms with Crippen molar-refractivity contribution < 1.29 is 18.0 Å². The molecule has 0 saturated heterocycles. The normalized spacial score (nSPS) is 13.3. The standard InChI is InChI=1S/C11H10F3N3OS/c1-6(8-4-19-5-16-8)17-10(18)7-2-9(15-3-7)11(12,13)14/h2-6,15H,1H3,(H,17,18). The summed E-state index contributed by atoms with van der Waals surface area (Å²) in [6, 6.07) is 0.423. The number of nitrogens with zero attached hydrogens (tertiary/aromatic N) is 1. The lowest BCUT2D eigenvalue weighted by Gasteiger charge is -2.10. The summed E-state index contributed by atoms with van der Waals surface area (Å²) in [7, 11) is 0. The van der Waals surface area contributed by atoms with E-state index in [1.54, 1.807) is 17.8 Å². The molecule has 0 aromatic carbocycles. The van der Waals surface area contributed by atoms with Gasteiger partial charge < -0.3 is 10.3 Å². The van der Waals surface area contributed by atoms with E-state index in [1.165, 1.54) is 11.3 Å². The van der Waals surface area contributed by atoms with Crippen molar-refractivity contribution in [1.82, 2.24) is 15.3 Å². The maximum atomic E-state index is 12.4. The van der Waals surface area contributed by atoms with Gasteiger partial charge in [-0.1, -0.05) is 0 Å². The fourth-order valence-electron chi connectivity index (χ4n) is 1.48. The zero-order chi connectivity index (χ0) is 14.0. The number of aromatic nitrogens is 2. The Balaban J connectivity index is 2.06. The second kappa shape index (κ2) is 5.04. The molecule has 8 heteroatoms. The Labute approximate surface area is 110 Å². The predicted octanol–water partition coefficient (Wildman–Crippen LogP) is 2.98. The molecular weight excluding hydrogens is 279 g/mol. The molecule has 1 atom stereocenters. The number of amides is 1. The molecule has 0 aliphatic carbocycles. The maximum Gasteiger partial charge on any atom is 0.431 e. The summed E-state index contributed by atoms with van der Waals surface area (Å²) >= 11 is 1.38. The Kier molecular flexibility index (Phi) is 3.61. The summed E-state index contributed by atoms with van der Waals surface area (Å²) in [5.74, 6) is -0.577. The minimum Gasteiger partial charge on any atom is -0.357 e. The second-order valence-corrected chi connectivity index (χ2v) is 4.63. The first kappa shape index (κ1) is 13.6. The summed E-state index contributed by atoms with van der Waals surface area (Å²) in [6.07, 6.45) is -3.45. The summed E-state index contributed by atoms with van der Waals surface area (Å²) in [4.78, 5) is 17.8. The van der Waals surface area contributed by atoms with Crippen LogP contribution in [0.3, 0.4) is 0 Å². The van der Waals surface area contributed by atoms with Crippen molar-refractivity contribution in [3.63, 3.8) is 0 Å². The number of alkyl halides is 3. The lowest BCUT2D eigenvalue weighted by atomic mass is 10.2. The van der Waals surface area contributed by atoms with Crippen molar-refractivity contribution >= 4 is 17.2 Å². The van der Waals surface area contributed by atoms with E-state index in [4.69, 9.17) is 0 Å². The number of hydrogen-bond donors (Lipinski definition) is 2. The average molecular weight is 289 g/mol.